The molecule has 0 saturated heterocycles. The summed E-state index contributed by atoms with van der Waals surface area (Å²) in [6, 6.07) is 14.9. The summed E-state index contributed by atoms with van der Waals surface area (Å²) < 4.78 is 25.4. The van der Waals surface area contributed by atoms with Gasteiger partial charge in [-0.2, -0.15) is 0 Å². The van der Waals surface area contributed by atoms with E-state index in [0.717, 1.165) is 21.7 Å². The van der Waals surface area contributed by atoms with Crippen molar-refractivity contribution in [2.75, 3.05) is 0 Å². The molecular weight excluding hydrogens is 378 g/mol. The maximum atomic E-state index is 11.7. The molecule has 0 spiro atoms. The van der Waals surface area contributed by atoms with Gasteiger partial charge in [0, 0.05) is 18.0 Å². The standard InChI is InChI=1S/C17H17N3O2S2.ClH/c1-12-8-9-13(10-16(12)24(18,21)22)15-11-23-17(20(15)2)19-14-6-4-3-5-7-14;/h3-11H,1-2H3,(H2,18,21,22);1H/b19-17+;. The van der Waals surface area contributed by atoms with Gasteiger partial charge < -0.3 is 4.57 Å². The van der Waals surface area contributed by atoms with Crippen LogP contribution < -0.4 is 9.94 Å². The number of aromatic nitrogens is 1. The number of sulfonamides is 1. The molecule has 0 radical (unpaired) electrons. The number of aryl methyl sites for hydroxylation is 1. The van der Waals surface area contributed by atoms with Gasteiger partial charge in [-0.05, 0) is 30.7 Å². The second-order valence-corrected chi connectivity index (χ2v) is 7.80. The highest BCUT2D eigenvalue weighted by molar-refractivity contribution is 7.89. The number of hydrogen-bond acceptors (Lipinski definition) is 4. The molecule has 0 aliphatic heterocycles. The molecule has 0 unspecified atom stereocenters. The molecule has 132 valence electrons. The zero-order valence-corrected chi connectivity index (χ0v) is 16.2. The van der Waals surface area contributed by atoms with Crippen molar-refractivity contribution in [1.29, 1.82) is 0 Å². The Kier molecular flexibility index (Phi) is 5.84. The van der Waals surface area contributed by atoms with E-state index in [0.29, 0.717) is 5.56 Å². The molecule has 25 heavy (non-hydrogen) atoms. The molecule has 8 heteroatoms. The first-order chi connectivity index (χ1) is 11.4. The summed E-state index contributed by atoms with van der Waals surface area (Å²) in [6.07, 6.45) is 0. The van der Waals surface area contributed by atoms with Crippen LogP contribution in [-0.2, 0) is 17.1 Å². The summed E-state index contributed by atoms with van der Waals surface area (Å²) in [7, 11) is -1.84. The Labute approximate surface area is 156 Å². The summed E-state index contributed by atoms with van der Waals surface area (Å²) >= 11 is 1.50. The predicted molar refractivity (Wildman–Crippen MR) is 104 cm³/mol. The Bertz CT molecular complexity index is 1050. The lowest BCUT2D eigenvalue weighted by Crippen LogP contribution is -2.14. The third-order valence-corrected chi connectivity index (χ3v) is 5.67. The van der Waals surface area contributed by atoms with Crippen molar-refractivity contribution in [3.63, 3.8) is 0 Å². The van der Waals surface area contributed by atoms with Crippen molar-refractivity contribution in [3.05, 3.63) is 64.3 Å². The molecule has 3 aromatic rings. The Hall–Kier alpha value is -1.93. The molecule has 1 aromatic heterocycles. The van der Waals surface area contributed by atoms with E-state index in [-0.39, 0.29) is 17.3 Å². The Morgan fingerprint density at radius 2 is 1.80 bits per heavy atom. The van der Waals surface area contributed by atoms with Crippen molar-refractivity contribution in [2.24, 2.45) is 17.2 Å². The van der Waals surface area contributed by atoms with E-state index in [4.69, 9.17) is 5.14 Å². The molecule has 0 aliphatic carbocycles. The van der Waals surface area contributed by atoms with Crippen molar-refractivity contribution in [1.82, 2.24) is 4.57 Å². The molecule has 0 fully saturated rings. The average molecular weight is 396 g/mol. The molecule has 1 heterocycles. The van der Waals surface area contributed by atoms with Crippen LogP contribution in [0.4, 0.5) is 5.69 Å². The van der Waals surface area contributed by atoms with E-state index in [1.54, 1.807) is 19.1 Å². The predicted octanol–water partition coefficient (Wildman–Crippen LogP) is 3.36. The highest BCUT2D eigenvalue weighted by atomic mass is 35.5. The number of benzene rings is 2. The molecule has 0 aliphatic rings. The zero-order chi connectivity index (χ0) is 17.3. The monoisotopic (exact) mass is 395 g/mol. The first kappa shape index (κ1) is 19.4. The summed E-state index contributed by atoms with van der Waals surface area (Å²) in [4.78, 5) is 5.59. The summed E-state index contributed by atoms with van der Waals surface area (Å²) in [6.45, 7) is 1.73. The Morgan fingerprint density at radius 1 is 1.12 bits per heavy atom. The average Bonchev–Trinajstić information content (AvgIpc) is 2.89. The van der Waals surface area contributed by atoms with Crippen molar-refractivity contribution in [2.45, 2.75) is 11.8 Å². The van der Waals surface area contributed by atoms with E-state index in [1.165, 1.54) is 11.3 Å². The van der Waals surface area contributed by atoms with Crippen LogP contribution in [0.1, 0.15) is 5.56 Å². The zero-order valence-electron chi connectivity index (χ0n) is 13.7. The van der Waals surface area contributed by atoms with Gasteiger partial charge in [0.2, 0.25) is 10.0 Å². The smallest absolute Gasteiger partial charge is 0.238 e. The lowest BCUT2D eigenvalue weighted by atomic mass is 10.1. The van der Waals surface area contributed by atoms with E-state index < -0.39 is 10.0 Å². The van der Waals surface area contributed by atoms with Crippen LogP contribution in [0.2, 0.25) is 0 Å². The third kappa shape index (κ3) is 4.19. The van der Waals surface area contributed by atoms with Crippen LogP contribution in [0.5, 0.6) is 0 Å². The van der Waals surface area contributed by atoms with Crippen LogP contribution in [-0.4, -0.2) is 13.0 Å². The SMILES string of the molecule is Cc1ccc(-c2cs/c(=N/c3ccccc3)n2C)cc1S(N)(=O)=O.Cl. The number of para-hydroxylation sites is 1. The van der Waals surface area contributed by atoms with Crippen LogP contribution in [0.25, 0.3) is 11.3 Å². The minimum atomic E-state index is -3.75. The molecule has 0 amide bonds. The Morgan fingerprint density at radius 3 is 2.44 bits per heavy atom. The Balaban J connectivity index is 0.00000225. The van der Waals surface area contributed by atoms with E-state index in [9.17, 15) is 8.42 Å². The number of hydrogen-bond donors (Lipinski definition) is 1. The lowest BCUT2D eigenvalue weighted by molar-refractivity contribution is 0.597. The van der Waals surface area contributed by atoms with Gasteiger partial charge in [-0.3, -0.25) is 0 Å². The van der Waals surface area contributed by atoms with Gasteiger partial charge in [0.25, 0.3) is 0 Å². The second-order valence-electron chi connectivity index (χ2n) is 5.44. The van der Waals surface area contributed by atoms with Gasteiger partial charge in [-0.25, -0.2) is 18.5 Å². The minimum absolute atomic E-state index is 0. The third-order valence-electron chi connectivity index (χ3n) is 3.70. The van der Waals surface area contributed by atoms with Gasteiger partial charge in [-0.15, -0.1) is 23.7 Å². The quantitative estimate of drug-likeness (QED) is 0.738. The molecule has 0 bridgehead atoms. The van der Waals surface area contributed by atoms with Crippen molar-refractivity contribution in [3.8, 4) is 11.3 Å². The second kappa shape index (κ2) is 7.53. The van der Waals surface area contributed by atoms with Crippen LogP contribution in [0.15, 0.2) is 63.8 Å². The fourth-order valence-corrected chi connectivity index (χ4v) is 4.15. The number of halogens is 1. The van der Waals surface area contributed by atoms with E-state index in [1.807, 2.05) is 53.4 Å². The summed E-state index contributed by atoms with van der Waals surface area (Å²) in [5.74, 6) is 0. The summed E-state index contributed by atoms with van der Waals surface area (Å²) in [5.41, 5.74) is 3.18. The van der Waals surface area contributed by atoms with Gasteiger partial charge in [-0.1, -0.05) is 30.3 Å². The fourth-order valence-electron chi connectivity index (χ4n) is 2.41. The van der Waals surface area contributed by atoms with Gasteiger partial charge in [0.1, 0.15) is 0 Å². The topological polar surface area (TPSA) is 77.5 Å². The highest BCUT2D eigenvalue weighted by Crippen LogP contribution is 2.25. The van der Waals surface area contributed by atoms with Gasteiger partial charge >= 0.3 is 0 Å². The van der Waals surface area contributed by atoms with Crippen molar-refractivity contribution >= 4 is 39.5 Å². The number of nitrogens with zero attached hydrogens (tertiary/aromatic N) is 2. The van der Waals surface area contributed by atoms with Crippen LogP contribution in [0, 0.1) is 6.92 Å². The molecule has 2 aromatic carbocycles. The van der Waals surface area contributed by atoms with Crippen molar-refractivity contribution < 1.29 is 8.42 Å². The molecule has 3 rings (SSSR count). The normalized spacial score (nSPS) is 12.0. The summed E-state index contributed by atoms with van der Waals surface area (Å²) in [5, 5.41) is 7.26. The number of primary sulfonamides is 1. The molecule has 0 saturated carbocycles. The molecular formula is C17H18ClN3O2S2. The van der Waals surface area contributed by atoms with E-state index >= 15 is 0 Å². The first-order valence-electron chi connectivity index (χ1n) is 7.24. The highest BCUT2D eigenvalue weighted by Gasteiger charge is 2.14. The minimum Gasteiger partial charge on any atom is -0.320 e. The van der Waals surface area contributed by atoms with E-state index in [2.05, 4.69) is 4.99 Å². The number of rotatable bonds is 3. The maximum absolute atomic E-state index is 11.7. The first-order valence-corrected chi connectivity index (χ1v) is 9.67. The fraction of sp³-hybridized carbons (Fsp3) is 0.118. The largest absolute Gasteiger partial charge is 0.320 e. The number of thiazole rings is 1. The van der Waals surface area contributed by atoms with Gasteiger partial charge in [0.05, 0.1) is 16.3 Å². The number of nitrogens with two attached hydrogens (primary N) is 1. The lowest BCUT2D eigenvalue weighted by Gasteiger charge is -2.08. The molecule has 0 atom stereocenters. The molecule has 2 N–H and O–H groups in total. The van der Waals surface area contributed by atoms with Crippen LogP contribution in [0.3, 0.4) is 0 Å². The van der Waals surface area contributed by atoms with Gasteiger partial charge in [0.15, 0.2) is 4.80 Å². The maximum Gasteiger partial charge on any atom is 0.238 e. The van der Waals surface area contributed by atoms with Crippen LogP contribution >= 0.6 is 23.7 Å². The molecule has 5 nitrogen and oxygen atoms in total.